The van der Waals surface area contributed by atoms with E-state index in [1.54, 1.807) is 13.8 Å². The Morgan fingerprint density at radius 1 is 0.905 bits per heavy atom. The summed E-state index contributed by atoms with van der Waals surface area (Å²) in [4.78, 5) is 24.8. The number of hydrogen-bond donors (Lipinski definition) is 0. The molecule has 0 aromatic rings. The highest BCUT2D eigenvalue weighted by molar-refractivity contribution is 6.00. The normalized spacial score (nSPS) is 12.8. The van der Waals surface area contributed by atoms with Crippen LogP contribution in [0.5, 0.6) is 0 Å². The van der Waals surface area contributed by atoms with Gasteiger partial charge >= 0.3 is 11.9 Å². The van der Waals surface area contributed by atoms with E-state index >= 15 is 0 Å². The fourth-order valence-corrected chi connectivity index (χ4v) is 2.77. The standard InChI is InChI=1S/C17H32O4/c1-6-10-11-12-13-14(5)17(7-2,15(18)20-8-3)16(19)21-9-4/h14H,6-13H2,1-5H3/t14-/m0/s1. The zero-order valence-electron chi connectivity index (χ0n) is 14.4. The Morgan fingerprint density at radius 2 is 1.43 bits per heavy atom. The summed E-state index contributed by atoms with van der Waals surface area (Å²) in [6, 6.07) is 0. The van der Waals surface area contributed by atoms with Crippen LogP contribution in [0, 0.1) is 11.3 Å². The third-order valence-corrected chi connectivity index (χ3v) is 4.17. The first-order chi connectivity index (χ1) is 10.0. The van der Waals surface area contributed by atoms with Crippen molar-refractivity contribution >= 4 is 11.9 Å². The molecular formula is C17H32O4. The van der Waals surface area contributed by atoms with Gasteiger partial charge in [0.1, 0.15) is 0 Å². The molecule has 0 saturated heterocycles. The smallest absolute Gasteiger partial charge is 0.323 e. The molecule has 0 heterocycles. The molecule has 0 spiro atoms. The van der Waals surface area contributed by atoms with Crippen molar-refractivity contribution in [1.29, 1.82) is 0 Å². The summed E-state index contributed by atoms with van der Waals surface area (Å²) in [5.41, 5.74) is -1.15. The van der Waals surface area contributed by atoms with E-state index in [0.717, 1.165) is 19.3 Å². The number of ether oxygens (including phenoxy) is 2. The summed E-state index contributed by atoms with van der Waals surface area (Å²) in [5.74, 6) is -0.944. The van der Waals surface area contributed by atoms with Crippen molar-refractivity contribution < 1.29 is 19.1 Å². The summed E-state index contributed by atoms with van der Waals surface area (Å²) in [6.45, 7) is 10.1. The van der Waals surface area contributed by atoms with Crippen LogP contribution in [0.25, 0.3) is 0 Å². The molecule has 4 heteroatoms. The molecule has 0 bridgehead atoms. The Morgan fingerprint density at radius 3 is 1.81 bits per heavy atom. The second-order valence-corrected chi connectivity index (χ2v) is 5.52. The molecule has 21 heavy (non-hydrogen) atoms. The molecule has 0 aliphatic rings. The second kappa shape index (κ2) is 10.6. The molecule has 0 amide bonds. The summed E-state index contributed by atoms with van der Waals surface area (Å²) in [7, 11) is 0. The van der Waals surface area contributed by atoms with Crippen molar-refractivity contribution in [2.75, 3.05) is 13.2 Å². The number of esters is 2. The van der Waals surface area contributed by atoms with Crippen molar-refractivity contribution in [2.45, 2.75) is 73.1 Å². The van der Waals surface area contributed by atoms with Gasteiger partial charge in [0.25, 0.3) is 0 Å². The summed E-state index contributed by atoms with van der Waals surface area (Å²) in [5, 5.41) is 0. The van der Waals surface area contributed by atoms with Crippen LogP contribution in [0.15, 0.2) is 0 Å². The first-order valence-corrected chi connectivity index (χ1v) is 8.35. The molecule has 0 rings (SSSR count). The van der Waals surface area contributed by atoms with Gasteiger partial charge in [0, 0.05) is 0 Å². The molecule has 0 aliphatic carbocycles. The largest absolute Gasteiger partial charge is 0.465 e. The average Bonchev–Trinajstić information content (AvgIpc) is 2.45. The Labute approximate surface area is 129 Å². The predicted molar refractivity (Wildman–Crippen MR) is 83.9 cm³/mol. The fourth-order valence-electron chi connectivity index (χ4n) is 2.77. The van der Waals surface area contributed by atoms with Gasteiger partial charge in [0.15, 0.2) is 5.41 Å². The molecule has 1 atom stereocenters. The van der Waals surface area contributed by atoms with E-state index < -0.39 is 17.4 Å². The number of hydrogen-bond acceptors (Lipinski definition) is 4. The van der Waals surface area contributed by atoms with Gasteiger partial charge in [-0.05, 0) is 32.6 Å². The summed E-state index contributed by atoms with van der Waals surface area (Å²) >= 11 is 0. The van der Waals surface area contributed by atoms with Crippen LogP contribution >= 0.6 is 0 Å². The van der Waals surface area contributed by atoms with Crippen LogP contribution in [-0.4, -0.2) is 25.2 Å². The van der Waals surface area contributed by atoms with Crippen LogP contribution in [0.1, 0.15) is 73.1 Å². The van der Waals surface area contributed by atoms with Gasteiger partial charge in [-0.25, -0.2) is 0 Å². The lowest BCUT2D eigenvalue weighted by atomic mass is 9.72. The first kappa shape index (κ1) is 19.9. The minimum atomic E-state index is -1.15. The molecule has 0 saturated carbocycles. The Bertz CT molecular complexity index is 294. The van der Waals surface area contributed by atoms with Crippen molar-refractivity contribution in [2.24, 2.45) is 11.3 Å². The van der Waals surface area contributed by atoms with E-state index in [4.69, 9.17) is 9.47 Å². The lowest BCUT2D eigenvalue weighted by Gasteiger charge is -2.33. The van der Waals surface area contributed by atoms with E-state index in [1.165, 1.54) is 12.8 Å². The lowest BCUT2D eigenvalue weighted by Crippen LogP contribution is -2.46. The highest BCUT2D eigenvalue weighted by atomic mass is 16.6. The topological polar surface area (TPSA) is 52.6 Å². The van der Waals surface area contributed by atoms with Crippen molar-refractivity contribution in [3.8, 4) is 0 Å². The third kappa shape index (κ3) is 5.33. The minimum Gasteiger partial charge on any atom is -0.465 e. The summed E-state index contributed by atoms with van der Waals surface area (Å²) in [6.07, 6.45) is 5.76. The van der Waals surface area contributed by atoms with Gasteiger partial charge in [-0.1, -0.05) is 46.5 Å². The minimum absolute atomic E-state index is 0.0718. The number of carbonyl (C=O) groups excluding carboxylic acids is 2. The van der Waals surface area contributed by atoms with Crippen LogP contribution < -0.4 is 0 Å². The van der Waals surface area contributed by atoms with Gasteiger partial charge in [-0.15, -0.1) is 0 Å². The Balaban J connectivity index is 5.07. The van der Waals surface area contributed by atoms with Crippen LogP contribution in [0.2, 0.25) is 0 Å². The van der Waals surface area contributed by atoms with Gasteiger partial charge < -0.3 is 9.47 Å². The van der Waals surface area contributed by atoms with Gasteiger partial charge in [-0.3, -0.25) is 9.59 Å². The average molecular weight is 300 g/mol. The maximum atomic E-state index is 12.4. The molecule has 4 nitrogen and oxygen atoms in total. The molecule has 0 N–H and O–H groups in total. The lowest BCUT2D eigenvalue weighted by molar-refractivity contribution is -0.177. The van der Waals surface area contributed by atoms with Gasteiger partial charge in [0.05, 0.1) is 13.2 Å². The SMILES string of the molecule is CCCCCC[C@H](C)C(CC)(C(=O)OCC)C(=O)OCC. The Kier molecular flexibility index (Phi) is 10.1. The first-order valence-electron chi connectivity index (χ1n) is 8.35. The maximum absolute atomic E-state index is 12.4. The predicted octanol–water partition coefficient (Wildman–Crippen LogP) is 4.12. The van der Waals surface area contributed by atoms with E-state index in [0.29, 0.717) is 6.42 Å². The molecule has 0 aromatic heterocycles. The van der Waals surface area contributed by atoms with E-state index in [-0.39, 0.29) is 19.1 Å². The monoisotopic (exact) mass is 300 g/mol. The van der Waals surface area contributed by atoms with Crippen LogP contribution in [0.3, 0.4) is 0 Å². The van der Waals surface area contributed by atoms with Crippen LogP contribution in [-0.2, 0) is 19.1 Å². The number of rotatable bonds is 11. The number of carbonyl (C=O) groups is 2. The zero-order chi connectivity index (χ0) is 16.3. The van der Waals surface area contributed by atoms with Crippen molar-refractivity contribution in [3.63, 3.8) is 0 Å². The molecule has 0 fully saturated rings. The molecular weight excluding hydrogens is 268 g/mol. The molecule has 0 aromatic carbocycles. The highest BCUT2D eigenvalue weighted by Crippen LogP contribution is 2.38. The molecule has 0 aliphatic heterocycles. The summed E-state index contributed by atoms with van der Waals surface area (Å²) < 4.78 is 10.3. The molecule has 0 unspecified atom stereocenters. The van der Waals surface area contributed by atoms with Crippen LogP contribution in [0.4, 0.5) is 0 Å². The number of unbranched alkanes of at least 4 members (excludes halogenated alkanes) is 3. The maximum Gasteiger partial charge on any atom is 0.323 e. The molecule has 124 valence electrons. The second-order valence-electron chi connectivity index (χ2n) is 5.52. The van der Waals surface area contributed by atoms with Gasteiger partial charge in [0.2, 0.25) is 0 Å². The van der Waals surface area contributed by atoms with E-state index in [9.17, 15) is 9.59 Å². The highest BCUT2D eigenvalue weighted by Gasteiger charge is 2.51. The van der Waals surface area contributed by atoms with Gasteiger partial charge in [-0.2, -0.15) is 0 Å². The molecule has 0 radical (unpaired) electrons. The third-order valence-electron chi connectivity index (χ3n) is 4.17. The quantitative estimate of drug-likeness (QED) is 0.327. The van der Waals surface area contributed by atoms with Crippen molar-refractivity contribution in [3.05, 3.63) is 0 Å². The van der Waals surface area contributed by atoms with Crippen molar-refractivity contribution in [1.82, 2.24) is 0 Å². The zero-order valence-corrected chi connectivity index (χ0v) is 14.4. The fraction of sp³-hybridized carbons (Fsp3) is 0.882. The Hall–Kier alpha value is -1.06. The van der Waals surface area contributed by atoms with E-state index in [2.05, 4.69) is 6.92 Å². The van der Waals surface area contributed by atoms with E-state index in [1.807, 2.05) is 13.8 Å².